The van der Waals surface area contributed by atoms with Crippen molar-refractivity contribution >= 4 is 52.5 Å². The Kier molecular flexibility index (Phi) is 13.6. The van der Waals surface area contributed by atoms with E-state index in [1.54, 1.807) is 12.0 Å². The molecule has 4 aromatic rings. The quantitative estimate of drug-likeness (QED) is 0.101. The van der Waals surface area contributed by atoms with Crippen LogP contribution in [0, 0.1) is 11.8 Å². The number of ether oxygens (including phenoxy) is 2. The van der Waals surface area contributed by atoms with Gasteiger partial charge in [-0.3, -0.25) is 18.9 Å². The summed E-state index contributed by atoms with van der Waals surface area (Å²) in [7, 11) is -2.39. The molecule has 2 aromatic carbocycles. The molecule has 2 aliphatic heterocycles. The molecule has 1 unspecified atom stereocenters. The summed E-state index contributed by atoms with van der Waals surface area (Å²) in [5.41, 5.74) is 2.64. The molecule has 4 aliphatic rings. The lowest BCUT2D eigenvalue weighted by Gasteiger charge is -2.31. The maximum Gasteiger partial charge on any atom is 0.245 e. The van der Waals surface area contributed by atoms with E-state index in [-0.39, 0.29) is 42.9 Å². The average molecular weight is 885 g/mol. The van der Waals surface area contributed by atoms with Crippen LogP contribution in [0.15, 0.2) is 60.0 Å². The van der Waals surface area contributed by atoms with E-state index < -0.39 is 36.7 Å². The second-order valence-electron chi connectivity index (χ2n) is 18.2. The molecule has 6 atom stereocenters. The average Bonchev–Trinajstić information content (AvgIpc) is 3.66. The number of hydrogen-bond donors (Lipinski definition) is 4. The molecule has 8 rings (SSSR count). The summed E-state index contributed by atoms with van der Waals surface area (Å²) in [6, 6.07) is 15.0. The highest BCUT2D eigenvalue weighted by Gasteiger charge is 2.66. The van der Waals surface area contributed by atoms with Gasteiger partial charge in [0.25, 0.3) is 0 Å². The smallest absolute Gasteiger partial charge is 0.245 e. The second-order valence-corrected chi connectivity index (χ2v) is 21.6. The first-order valence-corrected chi connectivity index (χ1v) is 25.3. The highest BCUT2D eigenvalue weighted by Crippen LogP contribution is 2.71. The fourth-order valence-electron chi connectivity index (χ4n) is 9.84. The van der Waals surface area contributed by atoms with Crippen molar-refractivity contribution < 1.29 is 33.3 Å². The third kappa shape index (κ3) is 9.98. The Labute approximate surface area is 368 Å². The zero-order valence-corrected chi connectivity index (χ0v) is 37.9. The molecule has 0 bridgehead atoms. The van der Waals surface area contributed by atoms with Crippen LogP contribution >= 0.6 is 18.7 Å². The Morgan fingerprint density at radius 3 is 2.48 bits per heavy atom. The van der Waals surface area contributed by atoms with Crippen LogP contribution in [-0.4, -0.2) is 80.6 Å². The Morgan fingerprint density at radius 1 is 0.984 bits per heavy atom. The van der Waals surface area contributed by atoms with Gasteiger partial charge < -0.3 is 35.2 Å². The number of methoxy groups -OCH3 is 1. The van der Waals surface area contributed by atoms with E-state index in [9.17, 15) is 23.8 Å². The molecule has 4 N–H and O–H groups in total. The summed E-state index contributed by atoms with van der Waals surface area (Å²) in [5.74, 6) is 0.358. The number of aromatic nitrogens is 2. The van der Waals surface area contributed by atoms with Crippen molar-refractivity contribution in [3.05, 3.63) is 65.5 Å². The van der Waals surface area contributed by atoms with Gasteiger partial charge in [0.2, 0.25) is 25.1 Å². The molecule has 2 aliphatic carbocycles. The summed E-state index contributed by atoms with van der Waals surface area (Å²) in [4.78, 5) is 66.6. The number of thiazole rings is 1. The zero-order chi connectivity index (χ0) is 43.4. The standard InChI is InChI=1S/C47H61N6O7PS/c1-30(2)48-46-51-40(29-62-46)39-25-42(36-21-20-34(59-3)23-38(36)49-39)60-35-24-41-44(55)52-47(61(57,58)28-32-16-8-7-9-17-32)26-33(47)18-10-5-4-6-11-19-37(45(56)53(41)27-35)50-43(54)22-31-14-12-13-15-31/h7-9,16-17,20-21,23,25,29-31,33,35,37,41H,4-6,10-15,18-19,22,24,26-28H2,1-3H3,(H,48,51)(H,50,54)(H,52,55)(H,57,58)/t33-,35-,37+,41+,47+/m1/s1. The normalized spacial score (nSPS) is 25.9. The number of benzene rings is 2. The van der Waals surface area contributed by atoms with Gasteiger partial charge in [0.05, 0.1) is 31.0 Å². The second kappa shape index (κ2) is 19.1. The number of nitrogens with one attached hydrogen (secondary N) is 3. The van der Waals surface area contributed by atoms with E-state index in [0.29, 0.717) is 53.6 Å². The largest absolute Gasteiger partial charge is 0.497 e. The van der Waals surface area contributed by atoms with Gasteiger partial charge in [-0.25, -0.2) is 9.97 Å². The number of rotatable bonds is 12. The van der Waals surface area contributed by atoms with Crippen molar-refractivity contribution in [1.82, 2.24) is 25.5 Å². The number of pyridine rings is 1. The monoisotopic (exact) mass is 884 g/mol. The van der Waals surface area contributed by atoms with Gasteiger partial charge in [0, 0.05) is 41.8 Å². The van der Waals surface area contributed by atoms with Crippen molar-refractivity contribution in [2.24, 2.45) is 11.8 Å². The summed E-state index contributed by atoms with van der Waals surface area (Å²) in [6.07, 6.45) is 10.1. The minimum absolute atomic E-state index is 0.0605. The molecule has 3 amide bonds. The number of anilines is 1. The van der Waals surface area contributed by atoms with E-state index in [4.69, 9.17) is 19.4 Å². The molecule has 4 fully saturated rings. The first-order valence-electron chi connectivity index (χ1n) is 22.6. The predicted molar refractivity (Wildman–Crippen MR) is 242 cm³/mol. The van der Waals surface area contributed by atoms with Gasteiger partial charge in [-0.1, -0.05) is 75.3 Å². The molecule has 0 radical (unpaired) electrons. The van der Waals surface area contributed by atoms with Crippen molar-refractivity contribution in [2.45, 2.75) is 139 Å². The SMILES string of the molecule is COc1ccc2c(O[C@@H]3C[C@H]4C(=O)N[C@]5(P(=O)(O)Cc6ccccc6)C[C@H]5CCCCCCC[C@H](NC(=O)CC5CCCC5)C(=O)N4C3)cc(-c3csc(NC(C)C)n3)nc2c1. The van der Waals surface area contributed by atoms with Gasteiger partial charge in [-0.05, 0) is 75.5 Å². The minimum Gasteiger partial charge on any atom is -0.497 e. The Bertz CT molecular complexity index is 2280. The summed E-state index contributed by atoms with van der Waals surface area (Å²) < 4.78 is 27.0. The molecular weight excluding hydrogens is 824 g/mol. The first kappa shape index (κ1) is 44.1. The van der Waals surface area contributed by atoms with Gasteiger partial charge in [0.1, 0.15) is 40.7 Å². The minimum atomic E-state index is -3.99. The molecule has 332 valence electrons. The molecule has 15 heteroatoms. The first-order chi connectivity index (χ1) is 29.9. The van der Waals surface area contributed by atoms with E-state index >= 15 is 0 Å². The molecule has 2 aromatic heterocycles. The lowest BCUT2D eigenvalue weighted by atomic mass is 10.0. The third-order valence-corrected chi connectivity index (χ3v) is 16.7. The van der Waals surface area contributed by atoms with Crippen LogP contribution in [0.1, 0.15) is 109 Å². The van der Waals surface area contributed by atoms with Gasteiger partial charge in [-0.2, -0.15) is 0 Å². The van der Waals surface area contributed by atoms with Crippen LogP contribution in [0.25, 0.3) is 22.3 Å². The maximum atomic E-state index is 14.9. The van der Waals surface area contributed by atoms with Crippen LogP contribution < -0.4 is 25.4 Å². The number of carbonyl (C=O) groups excluding carboxylic acids is 3. The van der Waals surface area contributed by atoms with Crippen molar-refractivity contribution in [3.8, 4) is 22.9 Å². The Morgan fingerprint density at radius 2 is 1.73 bits per heavy atom. The number of carbonyl (C=O) groups is 3. The summed E-state index contributed by atoms with van der Waals surface area (Å²) in [6.45, 7) is 4.19. The Hall–Kier alpha value is -4.52. The van der Waals surface area contributed by atoms with Crippen LogP contribution in [0.5, 0.6) is 11.5 Å². The van der Waals surface area contributed by atoms with Crippen LogP contribution in [0.2, 0.25) is 0 Å². The molecule has 62 heavy (non-hydrogen) atoms. The fourth-order valence-corrected chi connectivity index (χ4v) is 13.2. The van der Waals surface area contributed by atoms with Crippen LogP contribution in [0.4, 0.5) is 5.13 Å². The third-order valence-electron chi connectivity index (χ3n) is 13.2. The molecule has 2 saturated carbocycles. The molecule has 0 spiro atoms. The molecular formula is C47H61N6O7PS. The molecule has 13 nitrogen and oxygen atoms in total. The van der Waals surface area contributed by atoms with Crippen molar-refractivity contribution in [2.75, 3.05) is 19.0 Å². The number of amides is 3. The lowest BCUT2D eigenvalue weighted by Crippen LogP contribution is -2.55. The topological polar surface area (TPSA) is 172 Å². The van der Waals surface area contributed by atoms with E-state index in [1.165, 1.54) is 11.3 Å². The van der Waals surface area contributed by atoms with Crippen molar-refractivity contribution in [3.63, 3.8) is 0 Å². The molecule has 2 saturated heterocycles. The number of hydrogen-bond acceptors (Lipinski definition) is 10. The predicted octanol–water partition coefficient (Wildman–Crippen LogP) is 8.65. The van der Waals surface area contributed by atoms with E-state index in [1.807, 2.05) is 60.0 Å². The lowest BCUT2D eigenvalue weighted by molar-refractivity contribution is -0.142. The van der Waals surface area contributed by atoms with E-state index in [0.717, 1.165) is 80.3 Å². The van der Waals surface area contributed by atoms with Gasteiger partial charge >= 0.3 is 0 Å². The van der Waals surface area contributed by atoms with Crippen LogP contribution in [-0.2, 0) is 25.1 Å². The van der Waals surface area contributed by atoms with E-state index in [2.05, 4.69) is 29.8 Å². The Balaban J connectivity index is 1.12. The van der Waals surface area contributed by atoms with Gasteiger partial charge in [-0.15, -0.1) is 11.3 Å². The molecule has 4 heterocycles. The highest BCUT2D eigenvalue weighted by molar-refractivity contribution is 7.59. The highest BCUT2D eigenvalue weighted by atomic mass is 32.1. The fraction of sp³-hybridized carbons (Fsp3) is 0.553. The summed E-state index contributed by atoms with van der Waals surface area (Å²) in [5, 5.41) is 11.7. The maximum absolute atomic E-state index is 14.9. The number of fused-ring (bicyclic) bond motifs is 3. The summed E-state index contributed by atoms with van der Waals surface area (Å²) >= 11 is 1.49. The zero-order valence-electron chi connectivity index (χ0n) is 36.1. The van der Waals surface area contributed by atoms with Gasteiger partial charge in [0.15, 0.2) is 5.13 Å². The van der Waals surface area contributed by atoms with Crippen LogP contribution in [0.3, 0.4) is 0 Å². The van der Waals surface area contributed by atoms with Crippen molar-refractivity contribution in [1.29, 1.82) is 0 Å². The number of nitrogens with zero attached hydrogens (tertiary/aromatic N) is 3.